The molecule has 0 aliphatic carbocycles. The summed E-state index contributed by atoms with van der Waals surface area (Å²) in [5.41, 5.74) is 10.0. The number of benzene rings is 9. The van der Waals surface area contributed by atoms with E-state index < -0.39 is 0 Å². The van der Waals surface area contributed by atoms with Gasteiger partial charge in [0.25, 0.3) is 0 Å². The van der Waals surface area contributed by atoms with Gasteiger partial charge >= 0.3 is 0 Å². The van der Waals surface area contributed by atoms with Gasteiger partial charge in [0.15, 0.2) is 5.82 Å². The summed E-state index contributed by atoms with van der Waals surface area (Å²) < 4.78 is 0. The standard InChI is InChI=1S/C51H31N3/c52-32-33-23-25-35(26-24-33)46-31-47(54-51(53-46)37-16-5-2-6-17-37)41-29-30-44(40-20-10-9-19-39(40)41)50-43-22-12-11-21-42(43)48(36-14-3-1-4-15-36)45-28-27-34-13-7-8-18-38(34)49(45)50/h1-31H. The highest BCUT2D eigenvalue weighted by molar-refractivity contribution is 6.29. The molecule has 1 heterocycles. The van der Waals surface area contributed by atoms with E-state index in [1.165, 1.54) is 54.6 Å². The Balaban J connectivity index is 1.28. The number of hydrogen-bond acceptors (Lipinski definition) is 3. The number of fused-ring (bicyclic) bond motifs is 5. The summed E-state index contributed by atoms with van der Waals surface area (Å²) in [4.78, 5) is 10.2. The molecular formula is C51H31N3. The molecule has 3 heteroatoms. The summed E-state index contributed by atoms with van der Waals surface area (Å²) in [7, 11) is 0. The first kappa shape index (κ1) is 31.3. The van der Waals surface area contributed by atoms with Crippen molar-refractivity contribution in [2.75, 3.05) is 0 Å². The van der Waals surface area contributed by atoms with E-state index in [-0.39, 0.29) is 0 Å². The van der Waals surface area contributed by atoms with E-state index in [1.54, 1.807) is 0 Å². The van der Waals surface area contributed by atoms with Gasteiger partial charge in [-0.2, -0.15) is 5.26 Å². The third kappa shape index (κ3) is 5.20. The van der Waals surface area contributed by atoms with Crippen molar-refractivity contribution in [2.24, 2.45) is 0 Å². The maximum Gasteiger partial charge on any atom is 0.160 e. The van der Waals surface area contributed by atoms with Crippen molar-refractivity contribution < 1.29 is 0 Å². The van der Waals surface area contributed by atoms with Crippen LogP contribution in [0.5, 0.6) is 0 Å². The maximum absolute atomic E-state index is 9.45. The molecule has 0 N–H and O–H groups in total. The van der Waals surface area contributed by atoms with Crippen molar-refractivity contribution in [2.45, 2.75) is 0 Å². The van der Waals surface area contributed by atoms with Crippen molar-refractivity contribution in [3.63, 3.8) is 0 Å². The Bertz CT molecular complexity index is 3090. The van der Waals surface area contributed by atoms with Crippen molar-refractivity contribution in [1.82, 2.24) is 9.97 Å². The minimum atomic E-state index is 0.613. The molecule has 0 radical (unpaired) electrons. The fraction of sp³-hybridized carbons (Fsp3) is 0. The molecule has 250 valence electrons. The van der Waals surface area contributed by atoms with E-state index in [1.807, 2.05) is 54.6 Å². The molecule has 0 saturated carbocycles. The van der Waals surface area contributed by atoms with Crippen LogP contribution < -0.4 is 0 Å². The zero-order valence-corrected chi connectivity index (χ0v) is 29.2. The second-order valence-electron chi connectivity index (χ2n) is 13.6. The van der Waals surface area contributed by atoms with Crippen LogP contribution in [-0.2, 0) is 0 Å². The molecule has 9 aromatic carbocycles. The van der Waals surface area contributed by atoms with E-state index >= 15 is 0 Å². The molecule has 10 rings (SSSR count). The lowest BCUT2D eigenvalue weighted by Crippen LogP contribution is -1.97. The molecule has 0 atom stereocenters. The number of aromatic nitrogens is 2. The fourth-order valence-electron chi connectivity index (χ4n) is 8.05. The van der Waals surface area contributed by atoms with E-state index in [0.717, 1.165) is 38.9 Å². The molecule has 0 unspecified atom stereocenters. The Hall–Kier alpha value is -7.41. The van der Waals surface area contributed by atoms with Crippen molar-refractivity contribution in [1.29, 1.82) is 5.26 Å². The Morgan fingerprint density at radius 3 is 1.63 bits per heavy atom. The molecule has 10 aromatic rings. The van der Waals surface area contributed by atoms with Gasteiger partial charge in [-0.15, -0.1) is 0 Å². The quantitative estimate of drug-likeness (QED) is 0.134. The van der Waals surface area contributed by atoms with Crippen LogP contribution in [-0.4, -0.2) is 9.97 Å². The topological polar surface area (TPSA) is 49.6 Å². The van der Waals surface area contributed by atoms with Crippen LogP contribution in [0.3, 0.4) is 0 Å². The van der Waals surface area contributed by atoms with Crippen molar-refractivity contribution in [3.8, 4) is 62.2 Å². The monoisotopic (exact) mass is 685 g/mol. The number of hydrogen-bond donors (Lipinski definition) is 0. The Morgan fingerprint density at radius 2 is 0.926 bits per heavy atom. The first-order chi connectivity index (χ1) is 26.7. The third-order valence-corrected chi connectivity index (χ3v) is 10.5. The van der Waals surface area contributed by atoms with Gasteiger partial charge in [0.2, 0.25) is 0 Å². The number of rotatable bonds is 5. The average molecular weight is 686 g/mol. The van der Waals surface area contributed by atoms with E-state index in [0.29, 0.717) is 11.4 Å². The van der Waals surface area contributed by atoms with Crippen molar-refractivity contribution >= 4 is 43.1 Å². The summed E-state index contributed by atoms with van der Waals surface area (Å²) >= 11 is 0. The van der Waals surface area contributed by atoms with Gasteiger partial charge in [0.05, 0.1) is 23.0 Å². The van der Waals surface area contributed by atoms with Gasteiger partial charge in [-0.05, 0) is 83.5 Å². The molecule has 54 heavy (non-hydrogen) atoms. The molecule has 3 nitrogen and oxygen atoms in total. The lowest BCUT2D eigenvalue weighted by Gasteiger charge is -2.21. The van der Waals surface area contributed by atoms with Crippen molar-refractivity contribution in [3.05, 3.63) is 194 Å². The first-order valence-electron chi connectivity index (χ1n) is 18.1. The lowest BCUT2D eigenvalue weighted by molar-refractivity contribution is 1.18. The number of nitriles is 1. The van der Waals surface area contributed by atoms with Crippen LogP contribution in [0.4, 0.5) is 0 Å². The summed E-state index contributed by atoms with van der Waals surface area (Å²) in [5.74, 6) is 0.653. The number of nitrogens with zero attached hydrogens (tertiary/aromatic N) is 3. The highest BCUT2D eigenvalue weighted by atomic mass is 14.9. The molecule has 0 saturated heterocycles. The SMILES string of the molecule is N#Cc1ccc(-c2cc(-c3ccc(-c4c5ccccc5c(-c5ccccc5)c5ccc6ccccc6c45)c4ccccc34)nc(-c3ccccc3)n2)cc1. The van der Waals surface area contributed by atoms with Gasteiger partial charge in [-0.25, -0.2) is 9.97 Å². The van der Waals surface area contributed by atoms with Crippen LogP contribution in [0, 0.1) is 11.3 Å². The second kappa shape index (κ2) is 13.0. The Morgan fingerprint density at radius 1 is 0.370 bits per heavy atom. The van der Waals surface area contributed by atoms with Gasteiger partial charge in [-0.3, -0.25) is 0 Å². The van der Waals surface area contributed by atoms with Crippen LogP contribution in [0.2, 0.25) is 0 Å². The van der Waals surface area contributed by atoms with Crippen LogP contribution in [0.1, 0.15) is 5.56 Å². The minimum Gasteiger partial charge on any atom is -0.228 e. The van der Waals surface area contributed by atoms with Gasteiger partial charge in [0.1, 0.15) is 0 Å². The zero-order chi connectivity index (χ0) is 36.0. The maximum atomic E-state index is 9.45. The predicted molar refractivity (Wildman–Crippen MR) is 224 cm³/mol. The summed E-state index contributed by atoms with van der Waals surface area (Å²) in [6, 6.07) is 68.2. The second-order valence-corrected chi connectivity index (χ2v) is 13.6. The Labute approximate surface area is 313 Å². The average Bonchev–Trinajstić information content (AvgIpc) is 3.25. The minimum absolute atomic E-state index is 0.613. The molecule has 0 aliphatic rings. The highest BCUT2D eigenvalue weighted by Crippen LogP contribution is 2.48. The molecule has 0 spiro atoms. The van der Waals surface area contributed by atoms with Crippen LogP contribution in [0.25, 0.3) is 99.2 Å². The van der Waals surface area contributed by atoms with Gasteiger partial charge < -0.3 is 0 Å². The summed E-state index contributed by atoms with van der Waals surface area (Å²) in [6.45, 7) is 0. The predicted octanol–water partition coefficient (Wildman–Crippen LogP) is 13.3. The molecule has 0 amide bonds. The van der Waals surface area contributed by atoms with Gasteiger partial charge in [0, 0.05) is 16.7 Å². The molecule has 1 aromatic heterocycles. The Kier molecular flexibility index (Phi) is 7.53. The molecular weight excluding hydrogens is 655 g/mol. The largest absolute Gasteiger partial charge is 0.228 e. The van der Waals surface area contributed by atoms with E-state index in [2.05, 4.69) is 140 Å². The van der Waals surface area contributed by atoms with E-state index in [9.17, 15) is 5.26 Å². The normalized spacial score (nSPS) is 11.3. The molecule has 0 aliphatic heterocycles. The molecule has 0 fully saturated rings. The first-order valence-corrected chi connectivity index (χ1v) is 18.1. The highest BCUT2D eigenvalue weighted by Gasteiger charge is 2.21. The van der Waals surface area contributed by atoms with Crippen LogP contribution >= 0.6 is 0 Å². The zero-order valence-electron chi connectivity index (χ0n) is 29.2. The van der Waals surface area contributed by atoms with Crippen LogP contribution in [0.15, 0.2) is 188 Å². The van der Waals surface area contributed by atoms with Gasteiger partial charge in [-0.1, -0.05) is 170 Å². The lowest BCUT2D eigenvalue weighted by atomic mass is 9.82. The third-order valence-electron chi connectivity index (χ3n) is 10.5. The summed E-state index contributed by atoms with van der Waals surface area (Å²) in [5, 5.41) is 19.1. The molecule has 0 bridgehead atoms. The fourth-order valence-corrected chi connectivity index (χ4v) is 8.05. The van der Waals surface area contributed by atoms with E-state index in [4.69, 9.17) is 9.97 Å². The smallest absolute Gasteiger partial charge is 0.160 e. The summed E-state index contributed by atoms with van der Waals surface area (Å²) in [6.07, 6.45) is 0.